The first-order valence-electron chi connectivity index (χ1n) is 12.1. The summed E-state index contributed by atoms with van der Waals surface area (Å²) in [7, 11) is 1.54. The highest BCUT2D eigenvalue weighted by molar-refractivity contribution is 5.95. The molecule has 3 aromatic rings. The van der Waals surface area contributed by atoms with E-state index >= 15 is 0 Å². The molecule has 0 aromatic carbocycles. The Labute approximate surface area is 210 Å². The Hall–Kier alpha value is -4.26. The summed E-state index contributed by atoms with van der Waals surface area (Å²) in [4.78, 5) is 51.4. The van der Waals surface area contributed by atoms with Gasteiger partial charge in [0.15, 0.2) is 18.2 Å². The monoisotopic (exact) mass is 507 g/mol. The summed E-state index contributed by atoms with van der Waals surface area (Å²) in [5.41, 5.74) is 0.440. The molecule has 5 heterocycles. The molecule has 2 aliphatic heterocycles. The zero-order chi connectivity index (χ0) is 25.5. The third-order valence-corrected chi connectivity index (χ3v) is 6.90. The number of nitrogens with zero attached hydrogens (tertiary/aromatic N) is 5. The predicted molar refractivity (Wildman–Crippen MR) is 131 cm³/mol. The number of anilines is 2. The van der Waals surface area contributed by atoms with Crippen molar-refractivity contribution in [1.29, 1.82) is 0 Å². The molecule has 6 rings (SSSR count). The largest absolute Gasteiger partial charge is 0.481 e. The van der Waals surface area contributed by atoms with Crippen molar-refractivity contribution in [1.82, 2.24) is 24.8 Å². The second-order valence-corrected chi connectivity index (χ2v) is 9.13. The molecule has 3 aliphatic rings. The van der Waals surface area contributed by atoms with Gasteiger partial charge in [0, 0.05) is 43.1 Å². The van der Waals surface area contributed by atoms with Crippen LogP contribution in [-0.2, 0) is 16.1 Å². The van der Waals surface area contributed by atoms with Crippen LogP contribution >= 0.6 is 0 Å². The van der Waals surface area contributed by atoms with Crippen LogP contribution in [0, 0.1) is 0 Å². The second-order valence-electron chi connectivity index (χ2n) is 9.13. The predicted octanol–water partition coefficient (Wildman–Crippen LogP) is 1.06. The molecule has 1 saturated heterocycles. The number of ether oxygens (including phenoxy) is 3. The Morgan fingerprint density at radius 2 is 2.03 bits per heavy atom. The number of amides is 2. The fourth-order valence-corrected chi connectivity index (χ4v) is 5.11. The number of methoxy groups -OCH3 is 1. The van der Waals surface area contributed by atoms with Gasteiger partial charge in [-0.25, -0.2) is 14.7 Å². The molecule has 0 spiro atoms. The quantitative estimate of drug-likeness (QED) is 0.496. The standard InChI is InChI=1S/C24H25N7O6/c1-35-19-6-2-13-3-7-20(33)30(22(13)28-19)9-8-25-14-4-5-15-16(10-14)37-24(34)31(15)23-26-11-17-21(29-23)27-18(32)12-36-17/h2-3,6-7,11,14-16,25H,4-5,8-10,12H2,1H3,(H,26,27,29,32)/t14-,15-,16-/m1/s1. The third-order valence-electron chi connectivity index (χ3n) is 6.90. The minimum atomic E-state index is -0.513. The lowest BCUT2D eigenvalue weighted by molar-refractivity contribution is -0.118. The molecule has 13 heteroatoms. The van der Waals surface area contributed by atoms with Gasteiger partial charge in [0.2, 0.25) is 11.8 Å². The lowest BCUT2D eigenvalue weighted by Crippen LogP contribution is -2.47. The van der Waals surface area contributed by atoms with Crippen LogP contribution in [0.5, 0.6) is 11.6 Å². The number of hydrogen-bond donors (Lipinski definition) is 2. The molecule has 0 radical (unpaired) electrons. The lowest BCUT2D eigenvalue weighted by atomic mass is 9.88. The summed E-state index contributed by atoms with van der Waals surface area (Å²) in [6.45, 7) is 0.884. The van der Waals surface area contributed by atoms with Gasteiger partial charge < -0.3 is 24.8 Å². The molecule has 13 nitrogen and oxygen atoms in total. The molecule has 1 saturated carbocycles. The first-order valence-corrected chi connectivity index (χ1v) is 12.1. The highest BCUT2D eigenvalue weighted by Crippen LogP contribution is 2.36. The van der Waals surface area contributed by atoms with Crippen LogP contribution in [-0.4, -0.2) is 70.0 Å². The number of fused-ring (bicyclic) bond motifs is 3. The number of hydrogen-bond acceptors (Lipinski definition) is 10. The summed E-state index contributed by atoms with van der Waals surface area (Å²) in [5, 5.41) is 6.99. The molecule has 192 valence electrons. The molecule has 2 amide bonds. The van der Waals surface area contributed by atoms with Crippen molar-refractivity contribution in [2.24, 2.45) is 0 Å². The number of carbonyl (C=O) groups excluding carboxylic acids is 2. The molecule has 0 unspecified atom stereocenters. The molecule has 37 heavy (non-hydrogen) atoms. The first-order chi connectivity index (χ1) is 18.0. The Balaban J connectivity index is 1.11. The number of pyridine rings is 2. The minimum Gasteiger partial charge on any atom is -0.481 e. The average molecular weight is 508 g/mol. The van der Waals surface area contributed by atoms with Gasteiger partial charge in [0.05, 0.1) is 19.3 Å². The Kier molecular flexibility index (Phi) is 5.83. The van der Waals surface area contributed by atoms with E-state index in [4.69, 9.17) is 14.2 Å². The van der Waals surface area contributed by atoms with Crippen LogP contribution in [0.25, 0.3) is 11.0 Å². The number of carbonyl (C=O) groups is 2. The molecular formula is C24H25N7O6. The fraction of sp³-hybridized carbons (Fsp3) is 0.417. The van der Waals surface area contributed by atoms with Gasteiger partial charge in [-0.3, -0.25) is 14.2 Å². The van der Waals surface area contributed by atoms with E-state index in [9.17, 15) is 14.4 Å². The van der Waals surface area contributed by atoms with E-state index in [2.05, 4.69) is 25.6 Å². The lowest BCUT2D eigenvalue weighted by Gasteiger charge is -2.32. The van der Waals surface area contributed by atoms with E-state index in [-0.39, 0.29) is 48.0 Å². The van der Waals surface area contributed by atoms with Crippen molar-refractivity contribution in [3.05, 3.63) is 40.8 Å². The maximum atomic E-state index is 12.7. The summed E-state index contributed by atoms with van der Waals surface area (Å²) < 4.78 is 17.8. The number of nitrogens with one attached hydrogen (secondary N) is 2. The molecule has 2 fully saturated rings. The van der Waals surface area contributed by atoms with Gasteiger partial charge in [-0.05, 0) is 25.0 Å². The van der Waals surface area contributed by atoms with Crippen LogP contribution in [0.15, 0.2) is 35.3 Å². The normalized spacial score (nSPS) is 22.6. The summed E-state index contributed by atoms with van der Waals surface area (Å²) >= 11 is 0. The SMILES string of the molecule is COc1ccc2ccc(=O)n(CCN[C@@H]3CC[C@@H]4[C@@H](C3)OC(=O)N4c3ncc4c(n3)NC(=O)CO4)c2n1. The number of rotatable bonds is 6. The van der Waals surface area contributed by atoms with E-state index in [0.717, 1.165) is 11.8 Å². The van der Waals surface area contributed by atoms with E-state index in [1.807, 2.05) is 6.07 Å². The van der Waals surface area contributed by atoms with Crippen molar-refractivity contribution >= 4 is 34.8 Å². The molecule has 3 atom stereocenters. The van der Waals surface area contributed by atoms with Gasteiger partial charge in [-0.15, -0.1) is 0 Å². The number of aromatic nitrogens is 4. The first kappa shape index (κ1) is 23.2. The molecular weight excluding hydrogens is 482 g/mol. The smallest absolute Gasteiger partial charge is 0.417 e. The highest BCUT2D eigenvalue weighted by Gasteiger charge is 2.47. The Bertz CT molecular complexity index is 1440. The summed E-state index contributed by atoms with van der Waals surface area (Å²) in [6, 6.07) is 6.83. The van der Waals surface area contributed by atoms with Gasteiger partial charge in [0.25, 0.3) is 11.5 Å². The summed E-state index contributed by atoms with van der Waals surface area (Å²) in [6.07, 6.45) is 2.72. The van der Waals surface area contributed by atoms with E-state index in [0.29, 0.717) is 43.2 Å². The van der Waals surface area contributed by atoms with Gasteiger partial charge in [0.1, 0.15) is 11.8 Å². The van der Waals surface area contributed by atoms with Crippen LogP contribution < -0.4 is 30.6 Å². The topological polar surface area (TPSA) is 150 Å². The minimum absolute atomic E-state index is 0.0968. The van der Waals surface area contributed by atoms with Gasteiger partial charge in [-0.2, -0.15) is 9.97 Å². The fourth-order valence-electron chi connectivity index (χ4n) is 5.11. The highest BCUT2D eigenvalue weighted by atomic mass is 16.6. The van der Waals surface area contributed by atoms with Gasteiger partial charge in [-0.1, -0.05) is 0 Å². The maximum absolute atomic E-state index is 12.7. The van der Waals surface area contributed by atoms with Crippen LogP contribution in [0.4, 0.5) is 16.6 Å². The second kappa shape index (κ2) is 9.32. The molecule has 1 aliphatic carbocycles. The van der Waals surface area contributed by atoms with E-state index < -0.39 is 6.09 Å². The van der Waals surface area contributed by atoms with Gasteiger partial charge >= 0.3 is 6.09 Å². The van der Waals surface area contributed by atoms with Crippen molar-refractivity contribution < 1.29 is 23.8 Å². The van der Waals surface area contributed by atoms with Crippen LogP contribution in [0.1, 0.15) is 19.3 Å². The van der Waals surface area contributed by atoms with E-state index in [1.165, 1.54) is 17.2 Å². The summed E-state index contributed by atoms with van der Waals surface area (Å²) in [5.74, 6) is 0.907. The zero-order valence-electron chi connectivity index (χ0n) is 20.0. The van der Waals surface area contributed by atoms with Crippen molar-refractivity contribution in [2.75, 3.05) is 30.5 Å². The molecule has 0 bridgehead atoms. The maximum Gasteiger partial charge on any atom is 0.417 e. The van der Waals surface area contributed by atoms with Crippen LogP contribution in [0.3, 0.4) is 0 Å². The third kappa shape index (κ3) is 4.31. The Morgan fingerprint density at radius 3 is 2.89 bits per heavy atom. The van der Waals surface area contributed by atoms with E-state index in [1.54, 1.807) is 23.8 Å². The Morgan fingerprint density at radius 1 is 1.16 bits per heavy atom. The van der Waals surface area contributed by atoms with Crippen molar-refractivity contribution in [3.8, 4) is 11.6 Å². The molecule has 2 N–H and O–H groups in total. The van der Waals surface area contributed by atoms with Crippen molar-refractivity contribution in [2.45, 2.75) is 44.0 Å². The van der Waals surface area contributed by atoms with Crippen LogP contribution in [0.2, 0.25) is 0 Å². The molecule has 3 aromatic heterocycles. The van der Waals surface area contributed by atoms with Crippen molar-refractivity contribution in [3.63, 3.8) is 0 Å². The average Bonchev–Trinajstić information content (AvgIpc) is 3.24. The zero-order valence-corrected chi connectivity index (χ0v) is 20.0.